The molecule has 0 bridgehead atoms. The number of ether oxygens (including phenoxy) is 1. The van der Waals surface area contributed by atoms with E-state index in [1.165, 1.54) is 0 Å². The van der Waals surface area contributed by atoms with E-state index in [-0.39, 0.29) is 12.1 Å². The third-order valence-corrected chi connectivity index (χ3v) is 2.92. The highest BCUT2D eigenvalue weighted by atomic mass is 16.5. The van der Waals surface area contributed by atoms with Crippen LogP contribution in [0.1, 0.15) is 33.6 Å². The van der Waals surface area contributed by atoms with Gasteiger partial charge < -0.3 is 4.74 Å². The summed E-state index contributed by atoms with van der Waals surface area (Å²) < 4.78 is 5.60. The zero-order valence-corrected chi connectivity index (χ0v) is 9.36. The standard InChI is InChI=1S/C11H20N2O/c1-4-10(6-12)13-7-9(3)14-8-11(13)5-2/h9-11H,4-5,7-8H2,1-3H3. The predicted molar refractivity (Wildman–Crippen MR) is 55.9 cm³/mol. The summed E-state index contributed by atoms with van der Waals surface area (Å²) in [6, 6.07) is 2.86. The molecule has 3 atom stereocenters. The molecule has 0 saturated carbocycles. The third kappa shape index (κ3) is 2.46. The van der Waals surface area contributed by atoms with Gasteiger partial charge in [0.15, 0.2) is 0 Å². The van der Waals surface area contributed by atoms with Crippen molar-refractivity contribution in [3.05, 3.63) is 0 Å². The van der Waals surface area contributed by atoms with Gasteiger partial charge in [-0.2, -0.15) is 5.26 Å². The molecule has 1 heterocycles. The van der Waals surface area contributed by atoms with Crippen molar-refractivity contribution in [2.45, 2.75) is 51.8 Å². The molecule has 0 aromatic rings. The van der Waals surface area contributed by atoms with Crippen LogP contribution < -0.4 is 0 Å². The molecule has 0 spiro atoms. The van der Waals surface area contributed by atoms with Gasteiger partial charge in [0.05, 0.1) is 24.8 Å². The summed E-state index contributed by atoms with van der Waals surface area (Å²) >= 11 is 0. The van der Waals surface area contributed by atoms with E-state index in [4.69, 9.17) is 10.00 Å². The largest absolute Gasteiger partial charge is 0.376 e. The van der Waals surface area contributed by atoms with E-state index in [1.807, 2.05) is 0 Å². The van der Waals surface area contributed by atoms with Crippen molar-refractivity contribution < 1.29 is 4.74 Å². The molecule has 0 aromatic carbocycles. The maximum atomic E-state index is 9.05. The number of nitrogens with zero attached hydrogens (tertiary/aromatic N) is 2. The highest BCUT2D eigenvalue weighted by Crippen LogP contribution is 2.18. The van der Waals surface area contributed by atoms with Gasteiger partial charge in [0, 0.05) is 12.6 Å². The van der Waals surface area contributed by atoms with Crippen LogP contribution in [0, 0.1) is 11.3 Å². The number of hydrogen-bond acceptors (Lipinski definition) is 3. The smallest absolute Gasteiger partial charge is 0.0979 e. The number of nitriles is 1. The lowest BCUT2D eigenvalue weighted by atomic mass is 10.1. The Bertz CT molecular complexity index is 212. The molecule has 0 aliphatic carbocycles. The normalized spacial score (nSPS) is 31.0. The topological polar surface area (TPSA) is 36.3 Å². The van der Waals surface area contributed by atoms with Gasteiger partial charge in [-0.25, -0.2) is 0 Å². The van der Waals surface area contributed by atoms with Gasteiger partial charge in [-0.1, -0.05) is 13.8 Å². The Hall–Kier alpha value is -0.590. The third-order valence-electron chi connectivity index (χ3n) is 2.92. The maximum absolute atomic E-state index is 9.05. The summed E-state index contributed by atoms with van der Waals surface area (Å²) in [6.45, 7) is 7.96. The molecule has 1 saturated heterocycles. The van der Waals surface area contributed by atoms with Crippen LogP contribution in [0.25, 0.3) is 0 Å². The van der Waals surface area contributed by atoms with Crippen LogP contribution in [-0.4, -0.2) is 36.2 Å². The summed E-state index contributed by atoms with van der Waals surface area (Å²) in [4.78, 5) is 2.30. The predicted octanol–water partition coefficient (Wildman–Crippen LogP) is 1.79. The van der Waals surface area contributed by atoms with E-state index in [9.17, 15) is 0 Å². The number of hydrogen-bond donors (Lipinski definition) is 0. The molecule has 0 radical (unpaired) electrons. The van der Waals surface area contributed by atoms with Crippen molar-refractivity contribution in [3.63, 3.8) is 0 Å². The van der Waals surface area contributed by atoms with Crippen molar-refractivity contribution in [1.82, 2.24) is 4.90 Å². The lowest BCUT2D eigenvalue weighted by Gasteiger charge is -2.40. The molecule has 3 unspecified atom stereocenters. The lowest BCUT2D eigenvalue weighted by molar-refractivity contribution is -0.0650. The van der Waals surface area contributed by atoms with Crippen LogP contribution in [0.3, 0.4) is 0 Å². The molecule has 1 fully saturated rings. The minimum atomic E-state index is 0.0614. The fourth-order valence-corrected chi connectivity index (χ4v) is 2.00. The minimum absolute atomic E-state index is 0.0614. The Balaban J connectivity index is 2.65. The highest BCUT2D eigenvalue weighted by molar-refractivity contribution is 4.95. The molecular weight excluding hydrogens is 176 g/mol. The van der Waals surface area contributed by atoms with E-state index in [0.717, 1.165) is 26.0 Å². The van der Waals surface area contributed by atoms with Crippen molar-refractivity contribution in [2.24, 2.45) is 0 Å². The van der Waals surface area contributed by atoms with Crippen LogP contribution in [0.4, 0.5) is 0 Å². The first kappa shape index (κ1) is 11.5. The summed E-state index contributed by atoms with van der Waals surface area (Å²) in [6.07, 6.45) is 2.23. The molecule has 1 rings (SSSR count). The maximum Gasteiger partial charge on any atom is 0.0979 e. The Morgan fingerprint density at radius 2 is 2.29 bits per heavy atom. The van der Waals surface area contributed by atoms with Crippen LogP contribution in [0.15, 0.2) is 0 Å². The van der Waals surface area contributed by atoms with E-state index < -0.39 is 0 Å². The molecule has 14 heavy (non-hydrogen) atoms. The Kier molecular flexibility index (Phi) is 4.37. The van der Waals surface area contributed by atoms with E-state index in [2.05, 4.69) is 31.7 Å². The number of morpholine rings is 1. The quantitative estimate of drug-likeness (QED) is 0.690. The van der Waals surface area contributed by atoms with Gasteiger partial charge in [0.1, 0.15) is 0 Å². The van der Waals surface area contributed by atoms with Gasteiger partial charge in [-0.15, -0.1) is 0 Å². The fraction of sp³-hybridized carbons (Fsp3) is 0.909. The SMILES string of the molecule is CCC(C#N)N1CC(C)OCC1CC. The van der Waals surface area contributed by atoms with Gasteiger partial charge >= 0.3 is 0 Å². The average Bonchev–Trinajstić information content (AvgIpc) is 2.20. The summed E-state index contributed by atoms with van der Waals surface area (Å²) in [5.74, 6) is 0. The monoisotopic (exact) mass is 196 g/mol. The minimum Gasteiger partial charge on any atom is -0.376 e. The first-order chi connectivity index (χ1) is 6.72. The summed E-state index contributed by atoms with van der Waals surface area (Å²) in [7, 11) is 0. The molecule has 0 amide bonds. The Morgan fingerprint density at radius 3 is 2.79 bits per heavy atom. The van der Waals surface area contributed by atoms with Gasteiger partial charge in [-0.05, 0) is 19.8 Å². The lowest BCUT2D eigenvalue weighted by Crippen LogP contribution is -2.52. The average molecular weight is 196 g/mol. The van der Waals surface area contributed by atoms with Crippen LogP contribution in [-0.2, 0) is 4.74 Å². The van der Waals surface area contributed by atoms with Crippen LogP contribution >= 0.6 is 0 Å². The summed E-state index contributed by atoms with van der Waals surface area (Å²) in [5.41, 5.74) is 0. The second-order valence-electron chi connectivity index (χ2n) is 3.96. The van der Waals surface area contributed by atoms with E-state index in [0.29, 0.717) is 6.04 Å². The second-order valence-corrected chi connectivity index (χ2v) is 3.96. The zero-order chi connectivity index (χ0) is 10.6. The molecule has 3 heteroatoms. The molecule has 80 valence electrons. The molecule has 3 nitrogen and oxygen atoms in total. The first-order valence-corrected chi connectivity index (χ1v) is 5.49. The van der Waals surface area contributed by atoms with E-state index in [1.54, 1.807) is 0 Å². The van der Waals surface area contributed by atoms with Gasteiger partial charge in [0.2, 0.25) is 0 Å². The van der Waals surface area contributed by atoms with Crippen LogP contribution in [0.5, 0.6) is 0 Å². The molecule has 1 aliphatic rings. The van der Waals surface area contributed by atoms with E-state index >= 15 is 0 Å². The fourth-order valence-electron chi connectivity index (χ4n) is 2.00. The molecule has 1 aliphatic heterocycles. The highest BCUT2D eigenvalue weighted by Gasteiger charge is 2.30. The van der Waals surface area contributed by atoms with Crippen molar-refractivity contribution in [3.8, 4) is 6.07 Å². The first-order valence-electron chi connectivity index (χ1n) is 5.49. The van der Waals surface area contributed by atoms with Gasteiger partial charge in [0.25, 0.3) is 0 Å². The van der Waals surface area contributed by atoms with Crippen molar-refractivity contribution >= 4 is 0 Å². The summed E-state index contributed by atoms with van der Waals surface area (Å²) in [5, 5.41) is 9.05. The van der Waals surface area contributed by atoms with Crippen molar-refractivity contribution in [1.29, 1.82) is 5.26 Å². The molecular formula is C11H20N2O. The zero-order valence-electron chi connectivity index (χ0n) is 9.36. The Morgan fingerprint density at radius 1 is 1.57 bits per heavy atom. The van der Waals surface area contributed by atoms with Gasteiger partial charge in [-0.3, -0.25) is 4.90 Å². The molecule has 0 aromatic heterocycles. The second kappa shape index (κ2) is 5.33. The Labute approximate surface area is 86.6 Å². The number of rotatable bonds is 3. The van der Waals surface area contributed by atoms with Crippen LogP contribution in [0.2, 0.25) is 0 Å². The molecule has 0 N–H and O–H groups in total. The van der Waals surface area contributed by atoms with Crippen molar-refractivity contribution in [2.75, 3.05) is 13.2 Å².